The lowest BCUT2D eigenvalue weighted by Crippen LogP contribution is -2.23. The normalized spacial score (nSPS) is 10.9. The van der Waals surface area contributed by atoms with Crippen molar-refractivity contribution < 1.29 is 19.4 Å². The van der Waals surface area contributed by atoms with Gasteiger partial charge in [-0.2, -0.15) is 0 Å². The van der Waals surface area contributed by atoms with E-state index >= 15 is 0 Å². The van der Waals surface area contributed by atoms with E-state index in [0.717, 1.165) is 16.7 Å². The lowest BCUT2D eigenvalue weighted by Gasteiger charge is -2.12. The van der Waals surface area contributed by atoms with Crippen LogP contribution in [0.25, 0.3) is 16.6 Å². The molecule has 2 heterocycles. The van der Waals surface area contributed by atoms with E-state index in [4.69, 9.17) is 4.74 Å². The molecule has 5 rings (SSSR count). The Kier molecular flexibility index (Phi) is 6.37. The number of carbonyl (C=O) groups is 2. The molecule has 0 aliphatic rings. The van der Waals surface area contributed by atoms with E-state index in [0.29, 0.717) is 34.5 Å². The number of fused-ring (bicyclic) bond motifs is 1. The van der Waals surface area contributed by atoms with Gasteiger partial charge in [-0.3, -0.25) is 4.79 Å². The Labute approximate surface area is 209 Å². The number of rotatable bonds is 8. The molecule has 0 amide bonds. The topological polar surface area (TPSA) is 70.8 Å². The summed E-state index contributed by atoms with van der Waals surface area (Å²) in [5, 5.41) is 12.4. The van der Waals surface area contributed by atoms with Gasteiger partial charge in [0.15, 0.2) is 0 Å². The molecule has 0 spiro atoms. The fourth-order valence-corrected chi connectivity index (χ4v) is 4.67. The zero-order chi connectivity index (χ0) is 25.1. The minimum Gasteiger partial charge on any atom is -0.545 e. The van der Waals surface area contributed by atoms with Gasteiger partial charge in [-0.1, -0.05) is 91.9 Å². The maximum Gasteiger partial charge on any atom is 0.210 e. The maximum atomic E-state index is 14.1. The first kappa shape index (κ1) is 23.1. The number of aromatic carboxylic acids is 1. The van der Waals surface area contributed by atoms with Crippen LogP contribution in [0.3, 0.4) is 0 Å². The maximum absolute atomic E-state index is 14.1. The van der Waals surface area contributed by atoms with Gasteiger partial charge in [0.05, 0.1) is 17.2 Å². The molecule has 5 aromatic rings. The highest BCUT2D eigenvalue weighted by Gasteiger charge is 2.27. The van der Waals surface area contributed by atoms with Crippen LogP contribution in [0.15, 0.2) is 103 Å². The molecular formula is C31H24NO4-. The Hall–Kier alpha value is -4.64. The summed E-state index contributed by atoms with van der Waals surface area (Å²) in [5.74, 6) is -1.21. The van der Waals surface area contributed by atoms with Crippen molar-refractivity contribution in [1.29, 1.82) is 0 Å². The number of nitrogens with zero attached hydrogens (tertiary/aromatic N) is 1. The largest absolute Gasteiger partial charge is 0.545 e. The second-order valence-electron chi connectivity index (χ2n) is 8.45. The highest BCUT2D eigenvalue weighted by Crippen LogP contribution is 2.34. The summed E-state index contributed by atoms with van der Waals surface area (Å²) in [5.41, 5.74) is 4.19. The van der Waals surface area contributed by atoms with Gasteiger partial charge in [0.1, 0.15) is 12.4 Å². The zero-order valence-electron chi connectivity index (χ0n) is 19.8. The number of aromatic nitrogens is 1. The lowest BCUT2D eigenvalue weighted by molar-refractivity contribution is -0.254. The molecule has 36 heavy (non-hydrogen) atoms. The number of pyridine rings is 1. The van der Waals surface area contributed by atoms with E-state index in [-0.39, 0.29) is 18.0 Å². The summed E-state index contributed by atoms with van der Waals surface area (Å²) in [6.45, 7) is 2.10. The third kappa shape index (κ3) is 4.16. The standard InChI is InChI=1S/C31H25NO4/c1-2-23-27(31(34)35)29-26(36-20-21-12-5-3-6-13-21)18-11-19-32(29)28(23)30(33)25-17-10-9-16-24(25)22-14-7-4-8-15-22/h3-19H,2,20H2,1H3,(H,34,35)/p-1. The van der Waals surface area contributed by atoms with E-state index in [1.807, 2.05) is 85.8 Å². The van der Waals surface area contributed by atoms with Crippen molar-refractivity contribution in [3.63, 3.8) is 0 Å². The molecule has 0 saturated carbocycles. The van der Waals surface area contributed by atoms with Gasteiger partial charge >= 0.3 is 0 Å². The van der Waals surface area contributed by atoms with E-state index in [2.05, 4.69) is 0 Å². The van der Waals surface area contributed by atoms with Crippen LogP contribution in [-0.2, 0) is 13.0 Å². The molecular weight excluding hydrogens is 450 g/mol. The number of ketones is 1. The third-order valence-corrected chi connectivity index (χ3v) is 6.29. The summed E-state index contributed by atoms with van der Waals surface area (Å²) < 4.78 is 7.70. The second-order valence-corrected chi connectivity index (χ2v) is 8.45. The molecule has 2 aromatic heterocycles. The molecule has 0 N–H and O–H groups in total. The number of carboxylic acids is 1. The van der Waals surface area contributed by atoms with Crippen molar-refractivity contribution in [2.24, 2.45) is 0 Å². The van der Waals surface area contributed by atoms with Crippen LogP contribution in [0.2, 0.25) is 0 Å². The first-order chi connectivity index (χ1) is 17.6. The Bertz CT molecular complexity index is 1550. The number of carboxylic acid groups (broad SMARTS) is 1. The van der Waals surface area contributed by atoms with Gasteiger partial charge in [0.2, 0.25) is 5.78 Å². The molecule has 0 saturated heterocycles. The molecule has 0 radical (unpaired) electrons. The second kappa shape index (κ2) is 9.92. The molecule has 5 nitrogen and oxygen atoms in total. The Morgan fingerprint density at radius 2 is 1.50 bits per heavy atom. The highest BCUT2D eigenvalue weighted by atomic mass is 16.5. The quantitative estimate of drug-likeness (QED) is 0.285. The summed E-state index contributed by atoms with van der Waals surface area (Å²) in [4.78, 5) is 26.5. The Morgan fingerprint density at radius 3 is 2.19 bits per heavy atom. The van der Waals surface area contributed by atoms with Crippen LogP contribution >= 0.6 is 0 Å². The first-order valence-corrected chi connectivity index (χ1v) is 11.8. The fourth-order valence-electron chi connectivity index (χ4n) is 4.67. The van der Waals surface area contributed by atoms with Crippen molar-refractivity contribution >= 4 is 17.3 Å². The molecule has 0 aliphatic carbocycles. The van der Waals surface area contributed by atoms with E-state index < -0.39 is 5.97 Å². The third-order valence-electron chi connectivity index (χ3n) is 6.29. The summed E-state index contributed by atoms with van der Waals surface area (Å²) in [7, 11) is 0. The number of hydrogen-bond acceptors (Lipinski definition) is 4. The average molecular weight is 475 g/mol. The number of ether oxygens (including phenoxy) is 1. The molecule has 3 aromatic carbocycles. The molecule has 0 aliphatic heterocycles. The van der Waals surface area contributed by atoms with Crippen LogP contribution in [0.5, 0.6) is 5.75 Å². The van der Waals surface area contributed by atoms with Crippen molar-refractivity contribution in [2.45, 2.75) is 20.0 Å². The number of hydrogen-bond donors (Lipinski definition) is 0. The smallest absolute Gasteiger partial charge is 0.210 e. The van der Waals surface area contributed by atoms with Crippen molar-refractivity contribution in [2.75, 3.05) is 0 Å². The Morgan fingerprint density at radius 1 is 0.833 bits per heavy atom. The van der Waals surface area contributed by atoms with Gasteiger partial charge in [-0.25, -0.2) is 0 Å². The van der Waals surface area contributed by atoms with Crippen molar-refractivity contribution in [3.05, 3.63) is 131 Å². The zero-order valence-corrected chi connectivity index (χ0v) is 19.8. The average Bonchev–Trinajstić information content (AvgIpc) is 3.28. The van der Waals surface area contributed by atoms with Crippen molar-refractivity contribution in [3.8, 4) is 16.9 Å². The molecule has 0 fully saturated rings. The van der Waals surface area contributed by atoms with Crippen LogP contribution in [0, 0.1) is 0 Å². The summed E-state index contributed by atoms with van der Waals surface area (Å²) >= 11 is 0. The van der Waals surface area contributed by atoms with E-state index in [1.54, 1.807) is 28.8 Å². The van der Waals surface area contributed by atoms with Gasteiger partial charge in [0, 0.05) is 17.3 Å². The Balaban J connectivity index is 1.68. The lowest BCUT2D eigenvalue weighted by atomic mass is 9.94. The summed E-state index contributed by atoms with van der Waals surface area (Å²) in [6, 6.07) is 30.1. The number of carbonyl (C=O) groups excluding carboxylic acids is 2. The predicted octanol–water partition coefficient (Wildman–Crippen LogP) is 5.34. The minimum absolute atomic E-state index is 0.0123. The molecule has 5 heteroatoms. The molecule has 0 atom stereocenters. The number of benzene rings is 3. The first-order valence-electron chi connectivity index (χ1n) is 11.8. The van der Waals surface area contributed by atoms with Gasteiger partial charge in [-0.05, 0) is 40.8 Å². The van der Waals surface area contributed by atoms with Crippen LogP contribution in [0.4, 0.5) is 0 Å². The fraction of sp³-hybridized carbons (Fsp3) is 0.0968. The molecule has 178 valence electrons. The van der Waals surface area contributed by atoms with Gasteiger partial charge in [-0.15, -0.1) is 0 Å². The summed E-state index contributed by atoms with van der Waals surface area (Å²) in [6.07, 6.45) is 2.05. The SMILES string of the molecule is CCc1c(C(=O)[O-])c2c(OCc3ccccc3)cccn2c1C(=O)c1ccccc1-c1ccccc1. The minimum atomic E-state index is -1.34. The van der Waals surface area contributed by atoms with Crippen LogP contribution in [-0.4, -0.2) is 16.2 Å². The van der Waals surface area contributed by atoms with Crippen LogP contribution < -0.4 is 9.84 Å². The monoisotopic (exact) mass is 474 g/mol. The molecule has 0 unspecified atom stereocenters. The van der Waals surface area contributed by atoms with Gasteiger partial charge in [0.25, 0.3) is 0 Å². The molecule has 0 bridgehead atoms. The highest BCUT2D eigenvalue weighted by molar-refractivity contribution is 6.16. The van der Waals surface area contributed by atoms with Crippen LogP contribution in [0.1, 0.15) is 44.5 Å². The van der Waals surface area contributed by atoms with Gasteiger partial charge < -0.3 is 19.0 Å². The van der Waals surface area contributed by atoms with Crippen molar-refractivity contribution in [1.82, 2.24) is 4.40 Å². The predicted molar refractivity (Wildman–Crippen MR) is 137 cm³/mol. The van der Waals surface area contributed by atoms with E-state index in [9.17, 15) is 14.7 Å². The van der Waals surface area contributed by atoms with E-state index in [1.165, 1.54) is 0 Å².